The van der Waals surface area contributed by atoms with Gasteiger partial charge in [-0.05, 0) is 0 Å². The van der Waals surface area contributed by atoms with Crippen molar-refractivity contribution in [2.75, 3.05) is 19.6 Å². The zero-order valence-electron chi connectivity index (χ0n) is 7.82. The Labute approximate surface area is 118 Å². The SMILES string of the molecule is O=C([O-])CN(CC(=O)[O-])CC(=O)[O-].[Cu+2].[Na+]. The van der Waals surface area contributed by atoms with Crippen LogP contribution in [0.1, 0.15) is 0 Å². The summed E-state index contributed by atoms with van der Waals surface area (Å²) in [5.74, 6) is -4.70. The van der Waals surface area contributed by atoms with Crippen LogP contribution in [0.2, 0.25) is 0 Å². The molecule has 83 valence electrons. The van der Waals surface area contributed by atoms with Crippen molar-refractivity contribution in [3.63, 3.8) is 0 Å². The summed E-state index contributed by atoms with van der Waals surface area (Å²) in [6.45, 7) is -2.37. The zero-order chi connectivity index (χ0) is 10.4. The van der Waals surface area contributed by atoms with E-state index in [1.807, 2.05) is 0 Å². The molecule has 0 aliphatic carbocycles. The summed E-state index contributed by atoms with van der Waals surface area (Å²) in [5.41, 5.74) is 0. The van der Waals surface area contributed by atoms with Gasteiger partial charge >= 0.3 is 46.6 Å². The van der Waals surface area contributed by atoms with Crippen LogP contribution >= 0.6 is 0 Å². The Hall–Kier alpha value is -0.111. The fraction of sp³-hybridized carbons (Fsp3) is 0.500. The second kappa shape index (κ2) is 10.4. The topological polar surface area (TPSA) is 124 Å². The zero-order valence-corrected chi connectivity index (χ0v) is 10.8. The molecule has 1 radical (unpaired) electrons. The third-order valence-electron chi connectivity index (χ3n) is 1.06. The molecule has 0 heterocycles. The molecule has 0 bridgehead atoms. The van der Waals surface area contributed by atoms with Gasteiger partial charge in [-0.15, -0.1) is 0 Å². The van der Waals surface area contributed by atoms with E-state index in [9.17, 15) is 29.7 Å². The van der Waals surface area contributed by atoms with Gasteiger partial charge in [-0.2, -0.15) is 0 Å². The Kier molecular flexibility index (Phi) is 14.1. The third-order valence-corrected chi connectivity index (χ3v) is 1.06. The van der Waals surface area contributed by atoms with Gasteiger partial charge in [0.15, 0.2) is 0 Å². The van der Waals surface area contributed by atoms with Crippen molar-refractivity contribution in [2.45, 2.75) is 0 Å². The van der Waals surface area contributed by atoms with Crippen molar-refractivity contribution in [1.29, 1.82) is 0 Å². The predicted octanol–water partition coefficient (Wildman–Crippen LogP) is -8.46. The first-order chi connectivity index (χ1) is 5.91. The van der Waals surface area contributed by atoms with Crippen molar-refractivity contribution >= 4 is 17.9 Å². The molecule has 15 heavy (non-hydrogen) atoms. The van der Waals surface area contributed by atoms with Crippen LogP contribution in [-0.4, -0.2) is 42.4 Å². The van der Waals surface area contributed by atoms with Crippen molar-refractivity contribution in [3.8, 4) is 0 Å². The van der Waals surface area contributed by atoms with E-state index in [0.717, 1.165) is 0 Å². The first-order valence-corrected chi connectivity index (χ1v) is 3.23. The van der Waals surface area contributed by atoms with Crippen LogP contribution in [0.25, 0.3) is 0 Å². The molecule has 0 fully saturated rings. The molecule has 0 atom stereocenters. The van der Waals surface area contributed by atoms with Crippen molar-refractivity contribution in [3.05, 3.63) is 0 Å². The summed E-state index contributed by atoms with van der Waals surface area (Å²) in [5, 5.41) is 30.0. The number of rotatable bonds is 6. The molecule has 0 aliphatic heterocycles. The van der Waals surface area contributed by atoms with Gasteiger partial charge in [0, 0.05) is 19.6 Å². The molecule has 0 unspecified atom stereocenters. The van der Waals surface area contributed by atoms with Gasteiger partial charge in [0.2, 0.25) is 0 Å². The summed E-state index contributed by atoms with van der Waals surface area (Å²) < 4.78 is 0. The molecular weight excluding hydrogens is 269 g/mol. The molecule has 0 aromatic carbocycles. The monoisotopic (exact) mass is 274 g/mol. The maximum Gasteiger partial charge on any atom is 2.00 e. The first-order valence-electron chi connectivity index (χ1n) is 3.23. The van der Waals surface area contributed by atoms with Crippen LogP contribution in [0.5, 0.6) is 0 Å². The average molecular weight is 275 g/mol. The number of nitrogens with zero attached hydrogens (tertiary/aromatic N) is 1. The molecule has 7 nitrogen and oxygen atoms in total. The van der Waals surface area contributed by atoms with Crippen LogP contribution in [0, 0.1) is 0 Å². The number of hydrogen-bond donors (Lipinski definition) is 0. The molecule has 9 heteroatoms. The van der Waals surface area contributed by atoms with Crippen LogP contribution in [0.4, 0.5) is 0 Å². The van der Waals surface area contributed by atoms with Gasteiger partial charge in [-0.1, -0.05) is 0 Å². The smallest absolute Gasteiger partial charge is 0.549 e. The number of carbonyl (C=O) groups excluding carboxylic acids is 3. The molecule has 0 aromatic heterocycles. The minimum atomic E-state index is -1.57. The van der Waals surface area contributed by atoms with E-state index in [2.05, 4.69) is 0 Å². The maximum atomic E-state index is 9.99. The summed E-state index contributed by atoms with van der Waals surface area (Å²) in [4.78, 5) is 30.6. The Morgan fingerprint density at radius 2 is 1.00 bits per heavy atom. The summed E-state index contributed by atoms with van der Waals surface area (Å²) >= 11 is 0. The van der Waals surface area contributed by atoms with Gasteiger partial charge < -0.3 is 29.7 Å². The van der Waals surface area contributed by atoms with Crippen LogP contribution in [-0.2, 0) is 31.5 Å². The van der Waals surface area contributed by atoms with Crippen molar-refractivity contribution in [1.82, 2.24) is 4.90 Å². The Morgan fingerprint density at radius 1 is 0.800 bits per heavy atom. The van der Waals surface area contributed by atoms with E-state index < -0.39 is 37.5 Å². The maximum absolute atomic E-state index is 9.99. The fourth-order valence-electron chi connectivity index (χ4n) is 0.715. The second-order valence-electron chi connectivity index (χ2n) is 2.26. The van der Waals surface area contributed by atoms with E-state index in [4.69, 9.17) is 0 Å². The molecule has 0 aliphatic rings. The largest absolute Gasteiger partial charge is 2.00 e. The summed E-state index contributed by atoms with van der Waals surface area (Å²) in [6, 6.07) is 0. The Bertz CT molecular complexity index is 198. The van der Waals surface area contributed by atoms with E-state index in [1.54, 1.807) is 0 Å². The van der Waals surface area contributed by atoms with Gasteiger partial charge in [-0.25, -0.2) is 0 Å². The standard InChI is InChI=1S/C6H9NO6.Cu.Na/c8-4(9)1-7(2-5(10)11)3-6(12)13;;/h1-3H2,(H,8,9)(H,10,11)(H,12,13);;/q;+2;+1/p-3. The summed E-state index contributed by atoms with van der Waals surface area (Å²) in [6.07, 6.45) is 0. The number of carbonyl (C=O) groups is 3. The number of hydrogen-bond acceptors (Lipinski definition) is 7. The van der Waals surface area contributed by atoms with Gasteiger partial charge in [-0.3, -0.25) is 4.90 Å². The van der Waals surface area contributed by atoms with E-state index >= 15 is 0 Å². The molecule has 0 N–H and O–H groups in total. The molecule has 0 aromatic rings. The van der Waals surface area contributed by atoms with Gasteiger partial charge in [0.1, 0.15) is 0 Å². The Morgan fingerprint density at radius 3 is 1.13 bits per heavy atom. The minimum Gasteiger partial charge on any atom is -0.549 e. The third kappa shape index (κ3) is 13.9. The van der Waals surface area contributed by atoms with Crippen molar-refractivity contribution in [2.24, 2.45) is 0 Å². The van der Waals surface area contributed by atoms with Crippen LogP contribution in [0.3, 0.4) is 0 Å². The summed E-state index contributed by atoms with van der Waals surface area (Å²) in [7, 11) is 0. The van der Waals surface area contributed by atoms with E-state index in [0.29, 0.717) is 4.90 Å². The second-order valence-corrected chi connectivity index (χ2v) is 2.26. The molecule has 0 amide bonds. The quantitative estimate of drug-likeness (QED) is 0.441. The van der Waals surface area contributed by atoms with Crippen molar-refractivity contribution < 1.29 is 76.3 Å². The molecule has 0 spiro atoms. The number of carboxylic acids is 3. The molecule has 0 rings (SSSR count). The average Bonchev–Trinajstić information content (AvgIpc) is 1.80. The minimum absolute atomic E-state index is 0. The van der Waals surface area contributed by atoms with Crippen LogP contribution in [0.15, 0.2) is 0 Å². The number of carboxylic acid groups (broad SMARTS) is 3. The first kappa shape index (κ1) is 20.3. The van der Waals surface area contributed by atoms with Gasteiger partial charge in [0.25, 0.3) is 0 Å². The Balaban J connectivity index is -0.000000720. The molecule has 0 saturated heterocycles. The fourth-order valence-corrected chi connectivity index (χ4v) is 0.715. The van der Waals surface area contributed by atoms with Crippen LogP contribution < -0.4 is 44.9 Å². The molecule has 0 saturated carbocycles. The van der Waals surface area contributed by atoms with E-state index in [1.165, 1.54) is 0 Å². The number of aliphatic carboxylic acids is 3. The van der Waals surface area contributed by atoms with Gasteiger partial charge in [0.05, 0.1) is 17.9 Å². The molecular formula is C6H6CuNNaO6. The predicted molar refractivity (Wildman–Crippen MR) is 31.5 cm³/mol. The normalized spacial score (nSPS) is 8.60. The van der Waals surface area contributed by atoms with E-state index in [-0.39, 0.29) is 46.6 Å².